The minimum Gasteiger partial charge on any atom is -0.369 e. The van der Waals surface area contributed by atoms with Crippen LogP contribution in [0.2, 0.25) is 0 Å². The highest BCUT2D eigenvalue weighted by Gasteiger charge is 2.39. The van der Waals surface area contributed by atoms with Gasteiger partial charge < -0.3 is 4.74 Å². The van der Waals surface area contributed by atoms with Gasteiger partial charge in [-0.05, 0) is 51.4 Å². The lowest BCUT2D eigenvalue weighted by molar-refractivity contribution is -0.181. The smallest absolute Gasteiger partial charge is 0.0661 e. The van der Waals surface area contributed by atoms with Gasteiger partial charge in [-0.1, -0.05) is 67.2 Å². The van der Waals surface area contributed by atoms with Crippen LogP contribution in [0.3, 0.4) is 0 Å². The van der Waals surface area contributed by atoms with Gasteiger partial charge in [-0.2, -0.15) is 0 Å². The fourth-order valence-corrected chi connectivity index (χ4v) is 3.64. The molecule has 0 heterocycles. The largest absolute Gasteiger partial charge is 0.369 e. The summed E-state index contributed by atoms with van der Waals surface area (Å²) in [5, 5.41) is 0. The number of ether oxygens (including phenoxy) is 1. The summed E-state index contributed by atoms with van der Waals surface area (Å²) in [5.41, 5.74) is -0.142. The van der Waals surface area contributed by atoms with E-state index in [1.54, 1.807) is 0 Å². The fourth-order valence-electron chi connectivity index (χ4n) is 3.64. The van der Waals surface area contributed by atoms with Crippen molar-refractivity contribution < 1.29 is 4.74 Å². The zero-order chi connectivity index (χ0) is 16.8. The van der Waals surface area contributed by atoms with E-state index in [9.17, 15) is 0 Å². The van der Waals surface area contributed by atoms with Gasteiger partial charge in [0.2, 0.25) is 0 Å². The van der Waals surface area contributed by atoms with Crippen LogP contribution in [0.1, 0.15) is 94.9 Å². The molecule has 0 saturated heterocycles. The first-order chi connectivity index (χ1) is 9.49. The van der Waals surface area contributed by atoms with E-state index in [0.29, 0.717) is 23.7 Å². The van der Waals surface area contributed by atoms with Crippen molar-refractivity contribution in [1.29, 1.82) is 0 Å². The average molecular weight is 299 g/mol. The molecule has 0 aromatic rings. The Morgan fingerprint density at radius 1 is 0.667 bits per heavy atom. The molecule has 0 aromatic heterocycles. The van der Waals surface area contributed by atoms with Crippen LogP contribution in [0, 0.1) is 23.7 Å². The third kappa shape index (κ3) is 6.30. The van der Waals surface area contributed by atoms with Gasteiger partial charge in [-0.15, -0.1) is 0 Å². The maximum atomic E-state index is 6.68. The topological polar surface area (TPSA) is 9.23 Å². The van der Waals surface area contributed by atoms with Crippen molar-refractivity contribution in [3.63, 3.8) is 0 Å². The van der Waals surface area contributed by atoms with E-state index in [1.165, 1.54) is 25.7 Å². The summed E-state index contributed by atoms with van der Waals surface area (Å²) in [5.74, 6) is 2.57. The van der Waals surface area contributed by atoms with Crippen molar-refractivity contribution in [2.24, 2.45) is 23.7 Å². The van der Waals surface area contributed by atoms with E-state index in [4.69, 9.17) is 4.74 Å². The SMILES string of the molecule is CCCC(C)C(C)C(C)(C)OC(C)(C)C(C)C(C)CCC. The molecule has 0 aliphatic heterocycles. The molecule has 0 fully saturated rings. The average Bonchev–Trinajstić information content (AvgIpc) is 2.36. The maximum absolute atomic E-state index is 6.68. The molecule has 0 amide bonds. The van der Waals surface area contributed by atoms with Crippen LogP contribution in [0.15, 0.2) is 0 Å². The second kappa shape index (κ2) is 8.56. The lowest BCUT2D eigenvalue weighted by Crippen LogP contribution is -2.47. The molecule has 0 radical (unpaired) electrons. The van der Waals surface area contributed by atoms with Crippen LogP contribution in [0.5, 0.6) is 0 Å². The van der Waals surface area contributed by atoms with Crippen LogP contribution in [0.4, 0.5) is 0 Å². The third-order valence-corrected chi connectivity index (χ3v) is 5.91. The quantitative estimate of drug-likeness (QED) is 0.436. The van der Waals surface area contributed by atoms with Gasteiger partial charge in [-0.25, -0.2) is 0 Å². The van der Waals surface area contributed by atoms with E-state index < -0.39 is 0 Å². The van der Waals surface area contributed by atoms with E-state index in [1.807, 2.05) is 0 Å². The Morgan fingerprint density at radius 2 is 0.952 bits per heavy atom. The highest BCUT2D eigenvalue weighted by Crippen LogP contribution is 2.38. The fraction of sp³-hybridized carbons (Fsp3) is 1.00. The Hall–Kier alpha value is -0.0400. The van der Waals surface area contributed by atoms with E-state index in [2.05, 4.69) is 69.2 Å². The Balaban J connectivity index is 4.88. The molecule has 1 nitrogen and oxygen atoms in total. The highest BCUT2D eigenvalue weighted by molar-refractivity contribution is 4.87. The molecule has 0 aromatic carbocycles. The van der Waals surface area contributed by atoms with Gasteiger partial charge >= 0.3 is 0 Å². The molecule has 21 heavy (non-hydrogen) atoms. The first-order valence-electron chi connectivity index (χ1n) is 9.19. The first kappa shape index (κ1) is 21.0. The normalized spacial score (nSPS) is 19.1. The predicted molar refractivity (Wildman–Crippen MR) is 95.7 cm³/mol. The van der Waals surface area contributed by atoms with Crippen molar-refractivity contribution in [2.45, 2.75) is 106 Å². The first-order valence-corrected chi connectivity index (χ1v) is 9.19. The number of hydrogen-bond donors (Lipinski definition) is 0. The van der Waals surface area contributed by atoms with Crippen LogP contribution in [-0.4, -0.2) is 11.2 Å². The minimum absolute atomic E-state index is 0.0711. The summed E-state index contributed by atoms with van der Waals surface area (Å²) < 4.78 is 6.68. The molecule has 1 heteroatoms. The van der Waals surface area contributed by atoms with Crippen molar-refractivity contribution in [2.75, 3.05) is 0 Å². The summed E-state index contributed by atoms with van der Waals surface area (Å²) in [6.07, 6.45) is 5.09. The third-order valence-electron chi connectivity index (χ3n) is 5.91. The van der Waals surface area contributed by atoms with E-state index in [-0.39, 0.29) is 11.2 Å². The molecule has 0 aliphatic carbocycles. The standard InChI is InChI=1S/C20H42O/c1-11-13-15(3)17(5)19(7,8)21-20(9,10)18(6)16(4)14-12-2/h15-18H,11-14H2,1-10H3. The van der Waals surface area contributed by atoms with Crippen molar-refractivity contribution >= 4 is 0 Å². The minimum atomic E-state index is -0.0711. The Kier molecular flexibility index (Phi) is 8.54. The molecule has 0 aliphatic rings. The summed E-state index contributed by atoms with van der Waals surface area (Å²) >= 11 is 0. The molecular weight excluding hydrogens is 256 g/mol. The summed E-state index contributed by atoms with van der Waals surface area (Å²) in [4.78, 5) is 0. The van der Waals surface area contributed by atoms with Crippen LogP contribution < -0.4 is 0 Å². The lowest BCUT2D eigenvalue weighted by atomic mass is 9.77. The molecule has 4 atom stereocenters. The van der Waals surface area contributed by atoms with Crippen molar-refractivity contribution in [1.82, 2.24) is 0 Å². The molecular formula is C20H42O. The second-order valence-corrected chi connectivity index (χ2v) is 8.42. The zero-order valence-corrected chi connectivity index (χ0v) is 16.5. The monoisotopic (exact) mass is 298 g/mol. The zero-order valence-electron chi connectivity index (χ0n) is 16.5. The Bertz CT molecular complexity index is 252. The lowest BCUT2D eigenvalue weighted by Gasteiger charge is -2.46. The molecule has 0 saturated carbocycles. The highest BCUT2D eigenvalue weighted by atomic mass is 16.5. The van der Waals surface area contributed by atoms with Gasteiger partial charge in [0.15, 0.2) is 0 Å². The molecule has 0 bridgehead atoms. The summed E-state index contributed by atoms with van der Waals surface area (Å²) in [6.45, 7) is 23.1. The van der Waals surface area contributed by atoms with Crippen LogP contribution in [-0.2, 0) is 4.74 Å². The van der Waals surface area contributed by atoms with Gasteiger partial charge in [0.1, 0.15) is 0 Å². The van der Waals surface area contributed by atoms with Gasteiger partial charge in [0, 0.05) is 0 Å². The maximum Gasteiger partial charge on any atom is 0.0661 e. The van der Waals surface area contributed by atoms with Crippen LogP contribution in [0.25, 0.3) is 0 Å². The van der Waals surface area contributed by atoms with Gasteiger partial charge in [0.05, 0.1) is 11.2 Å². The molecule has 128 valence electrons. The number of rotatable bonds is 10. The number of hydrogen-bond acceptors (Lipinski definition) is 1. The Morgan fingerprint density at radius 3 is 1.19 bits per heavy atom. The molecule has 0 rings (SSSR count). The van der Waals surface area contributed by atoms with Crippen molar-refractivity contribution in [3.8, 4) is 0 Å². The van der Waals surface area contributed by atoms with Crippen LogP contribution >= 0.6 is 0 Å². The second-order valence-electron chi connectivity index (χ2n) is 8.42. The summed E-state index contributed by atoms with van der Waals surface area (Å²) in [7, 11) is 0. The van der Waals surface area contributed by atoms with E-state index in [0.717, 1.165) is 0 Å². The molecule has 0 N–H and O–H groups in total. The van der Waals surface area contributed by atoms with E-state index >= 15 is 0 Å². The van der Waals surface area contributed by atoms with Gasteiger partial charge in [-0.3, -0.25) is 0 Å². The molecule has 4 unspecified atom stereocenters. The summed E-state index contributed by atoms with van der Waals surface area (Å²) in [6, 6.07) is 0. The van der Waals surface area contributed by atoms with Gasteiger partial charge in [0.25, 0.3) is 0 Å². The van der Waals surface area contributed by atoms with Crippen molar-refractivity contribution in [3.05, 3.63) is 0 Å². The molecule has 0 spiro atoms. The predicted octanol–water partition coefficient (Wildman–Crippen LogP) is 6.70. The Labute approximate surface area is 135 Å².